The number of carbonyl (C=O) groups excluding carboxylic acids is 2. The first-order valence-corrected chi connectivity index (χ1v) is 9.66. The Kier molecular flexibility index (Phi) is 6.61. The van der Waals surface area contributed by atoms with Gasteiger partial charge < -0.3 is 10.2 Å². The zero-order valence-corrected chi connectivity index (χ0v) is 16.4. The number of nitrogens with zero attached hydrogens (tertiary/aromatic N) is 2. The van der Waals surface area contributed by atoms with Crippen molar-refractivity contribution in [2.24, 2.45) is 0 Å². The van der Waals surface area contributed by atoms with Gasteiger partial charge in [-0.15, -0.1) is 0 Å². The van der Waals surface area contributed by atoms with Gasteiger partial charge in [-0.25, -0.2) is 0 Å². The number of nitro groups is 1. The Labute approximate surface area is 173 Å². The van der Waals surface area contributed by atoms with Gasteiger partial charge >= 0.3 is 0 Å². The molecule has 150 valence electrons. The molecule has 1 saturated heterocycles. The number of likely N-dealkylation sites (tertiary alicyclic amines) is 1. The molecule has 3 rings (SSSR count). The van der Waals surface area contributed by atoms with E-state index in [0.717, 1.165) is 19.3 Å². The number of amides is 2. The van der Waals surface area contributed by atoms with E-state index in [-0.39, 0.29) is 22.0 Å². The number of hydrogen-bond acceptors (Lipinski definition) is 4. The molecule has 1 heterocycles. The van der Waals surface area contributed by atoms with Crippen LogP contribution in [-0.4, -0.2) is 34.7 Å². The molecule has 29 heavy (non-hydrogen) atoms. The van der Waals surface area contributed by atoms with E-state index >= 15 is 0 Å². The standard InChI is InChI=1S/C21H20ClN3O4/c22-18(16-11-5-6-12-17(16)25(28)29)19(21(27)24-13-7-2-8-14-24)23-20(26)15-9-3-1-4-10-15/h1,3-6,9-12H,2,7-8,13-14H2,(H,23,26)/b19-18+. The van der Waals surface area contributed by atoms with E-state index in [0.29, 0.717) is 18.7 Å². The second-order valence-electron chi connectivity index (χ2n) is 6.64. The van der Waals surface area contributed by atoms with Gasteiger partial charge in [-0.3, -0.25) is 19.7 Å². The maximum atomic E-state index is 13.2. The van der Waals surface area contributed by atoms with E-state index in [9.17, 15) is 19.7 Å². The molecule has 1 aliphatic rings. The van der Waals surface area contributed by atoms with E-state index in [1.165, 1.54) is 18.2 Å². The first-order valence-electron chi connectivity index (χ1n) is 9.28. The fourth-order valence-electron chi connectivity index (χ4n) is 3.19. The average Bonchev–Trinajstić information content (AvgIpc) is 2.77. The van der Waals surface area contributed by atoms with Gasteiger partial charge in [0.15, 0.2) is 0 Å². The van der Waals surface area contributed by atoms with Gasteiger partial charge in [0.1, 0.15) is 5.70 Å². The van der Waals surface area contributed by atoms with Crippen LogP contribution in [0.4, 0.5) is 5.69 Å². The maximum absolute atomic E-state index is 13.2. The molecule has 2 aromatic carbocycles. The molecule has 1 fully saturated rings. The molecule has 0 bridgehead atoms. The summed E-state index contributed by atoms with van der Waals surface area (Å²) in [6, 6.07) is 14.3. The van der Waals surface area contributed by atoms with E-state index in [4.69, 9.17) is 11.6 Å². The number of benzene rings is 2. The summed E-state index contributed by atoms with van der Waals surface area (Å²) in [5.41, 5.74) is 0.0310. The summed E-state index contributed by atoms with van der Waals surface area (Å²) in [6.45, 7) is 1.09. The first kappa shape index (κ1) is 20.5. The number of hydrogen-bond donors (Lipinski definition) is 1. The van der Waals surface area contributed by atoms with Crippen LogP contribution in [0.25, 0.3) is 5.03 Å². The van der Waals surface area contributed by atoms with Crippen molar-refractivity contribution < 1.29 is 14.5 Å². The van der Waals surface area contributed by atoms with Crippen LogP contribution < -0.4 is 5.32 Å². The lowest BCUT2D eigenvalue weighted by molar-refractivity contribution is -0.385. The minimum Gasteiger partial charge on any atom is -0.337 e. The van der Waals surface area contributed by atoms with Crippen LogP contribution in [0.2, 0.25) is 0 Å². The fourth-order valence-corrected chi connectivity index (χ4v) is 3.47. The third-order valence-corrected chi connectivity index (χ3v) is 5.08. The largest absolute Gasteiger partial charge is 0.337 e. The predicted molar refractivity (Wildman–Crippen MR) is 110 cm³/mol. The molecule has 1 N–H and O–H groups in total. The Hall–Kier alpha value is -3.19. The van der Waals surface area contributed by atoms with Gasteiger partial charge in [-0.2, -0.15) is 0 Å². The molecule has 2 amide bonds. The summed E-state index contributed by atoms with van der Waals surface area (Å²) in [7, 11) is 0. The molecule has 7 nitrogen and oxygen atoms in total. The molecule has 8 heteroatoms. The number of para-hydroxylation sites is 1. The Morgan fingerprint density at radius 3 is 2.24 bits per heavy atom. The third kappa shape index (κ3) is 4.81. The number of piperidine rings is 1. The van der Waals surface area contributed by atoms with E-state index < -0.39 is 16.7 Å². The molecule has 0 spiro atoms. The molecule has 0 aromatic heterocycles. The maximum Gasteiger partial charge on any atom is 0.278 e. The van der Waals surface area contributed by atoms with Crippen LogP contribution in [0.5, 0.6) is 0 Å². The summed E-state index contributed by atoms with van der Waals surface area (Å²) in [6.07, 6.45) is 2.74. The normalized spacial score (nSPS) is 14.7. The Morgan fingerprint density at radius 1 is 0.966 bits per heavy atom. The zero-order valence-electron chi connectivity index (χ0n) is 15.6. The average molecular weight is 414 g/mol. The number of rotatable bonds is 5. The number of carbonyl (C=O) groups is 2. The second-order valence-corrected chi connectivity index (χ2v) is 7.01. The van der Waals surface area contributed by atoms with Crippen LogP contribution in [0.1, 0.15) is 35.2 Å². The molecule has 0 saturated carbocycles. The lowest BCUT2D eigenvalue weighted by Crippen LogP contribution is -2.41. The number of halogens is 1. The first-order chi connectivity index (χ1) is 14.0. The highest BCUT2D eigenvalue weighted by molar-refractivity contribution is 6.51. The number of nitrogens with one attached hydrogen (secondary N) is 1. The van der Waals surface area contributed by atoms with E-state index in [1.807, 2.05) is 0 Å². The Balaban J connectivity index is 2.04. The van der Waals surface area contributed by atoms with Crippen molar-refractivity contribution in [2.75, 3.05) is 13.1 Å². The lowest BCUT2D eigenvalue weighted by Gasteiger charge is -2.28. The topological polar surface area (TPSA) is 92.6 Å². The van der Waals surface area contributed by atoms with Crippen LogP contribution >= 0.6 is 11.6 Å². The van der Waals surface area contributed by atoms with Crippen molar-refractivity contribution in [3.05, 3.63) is 81.5 Å². The lowest BCUT2D eigenvalue weighted by atomic mass is 10.1. The zero-order chi connectivity index (χ0) is 20.8. The van der Waals surface area contributed by atoms with Crippen molar-refractivity contribution in [2.45, 2.75) is 19.3 Å². The van der Waals surface area contributed by atoms with Crippen LogP contribution in [0.3, 0.4) is 0 Å². The minimum absolute atomic E-state index is 0.0767. The second kappa shape index (κ2) is 9.34. The molecule has 0 atom stereocenters. The van der Waals surface area contributed by atoms with Crippen molar-refractivity contribution in [3.63, 3.8) is 0 Å². The van der Waals surface area contributed by atoms with Gasteiger partial charge in [0.05, 0.1) is 15.5 Å². The molecule has 1 aliphatic heterocycles. The van der Waals surface area contributed by atoms with Gasteiger partial charge in [-0.1, -0.05) is 41.9 Å². The minimum atomic E-state index is -0.570. The Morgan fingerprint density at radius 2 is 1.59 bits per heavy atom. The fraction of sp³-hybridized carbons (Fsp3) is 0.238. The smallest absolute Gasteiger partial charge is 0.278 e. The van der Waals surface area contributed by atoms with Crippen molar-refractivity contribution >= 4 is 34.1 Å². The molecular weight excluding hydrogens is 394 g/mol. The molecule has 0 unspecified atom stereocenters. The quantitative estimate of drug-likeness (QED) is 0.456. The molecule has 2 aromatic rings. The summed E-state index contributed by atoms with van der Waals surface area (Å²) in [5.74, 6) is -0.958. The molecular formula is C21H20ClN3O4. The molecule has 0 radical (unpaired) electrons. The van der Waals surface area contributed by atoms with Crippen molar-refractivity contribution in [1.29, 1.82) is 0 Å². The van der Waals surface area contributed by atoms with Crippen molar-refractivity contribution in [3.8, 4) is 0 Å². The van der Waals surface area contributed by atoms with Crippen LogP contribution in [0.15, 0.2) is 60.3 Å². The van der Waals surface area contributed by atoms with Gasteiger partial charge in [0.2, 0.25) is 0 Å². The van der Waals surface area contributed by atoms with Crippen LogP contribution in [0, 0.1) is 10.1 Å². The monoisotopic (exact) mass is 413 g/mol. The number of nitro benzene ring substituents is 1. The van der Waals surface area contributed by atoms with Gasteiger partial charge in [0.25, 0.3) is 17.5 Å². The molecule has 0 aliphatic carbocycles. The third-order valence-electron chi connectivity index (χ3n) is 4.69. The predicted octanol–water partition coefficient (Wildman–Crippen LogP) is 3.94. The van der Waals surface area contributed by atoms with Gasteiger partial charge in [-0.05, 0) is 37.5 Å². The summed E-state index contributed by atoms with van der Waals surface area (Å²) in [5, 5.41) is 13.8. The highest BCUT2D eigenvalue weighted by Crippen LogP contribution is 2.31. The highest BCUT2D eigenvalue weighted by Gasteiger charge is 2.28. The summed E-state index contributed by atoms with van der Waals surface area (Å²) < 4.78 is 0. The van der Waals surface area contributed by atoms with E-state index in [2.05, 4.69) is 5.32 Å². The summed E-state index contributed by atoms with van der Waals surface area (Å²) >= 11 is 6.48. The van der Waals surface area contributed by atoms with Gasteiger partial charge in [0, 0.05) is 24.7 Å². The summed E-state index contributed by atoms with van der Waals surface area (Å²) in [4.78, 5) is 38.3. The van der Waals surface area contributed by atoms with Crippen LogP contribution in [-0.2, 0) is 4.79 Å². The Bertz CT molecular complexity index is 953. The highest BCUT2D eigenvalue weighted by atomic mass is 35.5. The van der Waals surface area contributed by atoms with Crippen molar-refractivity contribution in [1.82, 2.24) is 10.2 Å². The van der Waals surface area contributed by atoms with E-state index in [1.54, 1.807) is 41.3 Å². The SMILES string of the molecule is O=C(N/C(C(=O)N1CCCCC1)=C(/Cl)c1ccccc1[N+](=O)[O-])c1ccccc1.